The van der Waals surface area contributed by atoms with Crippen molar-refractivity contribution in [2.75, 3.05) is 0 Å². The number of ether oxygens (including phenoxy) is 1. The number of carbonyl (C=O) groups excluding carboxylic acids is 2. The molecule has 0 N–H and O–H groups in total. The first-order valence-electron chi connectivity index (χ1n) is 6.84. The van der Waals surface area contributed by atoms with Crippen molar-refractivity contribution < 1.29 is 35.9 Å². The summed E-state index contributed by atoms with van der Waals surface area (Å²) in [7, 11) is 0. The number of rotatable bonds is 5. The Morgan fingerprint density at radius 3 is 2.32 bits per heavy atom. The van der Waals surface area contributed by atoms with Crippen LogP contribution in [0.3, 0.4) is 0 Å². The summed E-state index contributed by atoms with van der Waals surface area (Å²) in [6.07, 6.45) is 3.22. The smallest absolute Gasteiger partial charge is 0.344 e. The summed E-state index contributed by atoms with van der Waals surface area (Å²) >= 11 is 0. The van der Waals surface area contributed by atoms with E-state index in [1.807, 2.05) is 18.2 Å². The fourth-order valence-electron chi connectivity index (χ4n) is 1.90. The van der Waals surface area contributed by atoms with Crippen LogP contribution < -0.4 is 21.5 Å². The van der Waals surface area contributed by atoms with E-state index >= 15 is 0 Å². The van der Waals surface area contributed by atoms with Gasteiger partial charge in [0.25, 0.3) is 0 Å². The minimum absolute atomic E-state index is 0. The van der Waals surface area contributed by atoms with Crippen LogP contribution in [-0.4, -0.2) is 17.9 Å². The summed E-state index contributed by atoms with van der Waals surface area (Å²) in [4.78, 5) is 24.0. The summed E-state index contributed by atoms with van der Waals surface area (Å²) in [6.45, 7) is 3.79. The van der Waals surface area contributed by atoms with Crippen LogP contribution in [0.15, 0.2) is 54.9 Å². The second kappa shape index (κ2) is 8.44. The van der Waals surface area contributed by atoms with Gasteiger partial charge in [-0.2, -0.15) is 4.57 Å². The first kappa shape index (κ1) is 18.0. The van der Waals surface area contributed by atoms with Crippen molar-refractivity contribution in [1.82, 2.24) is 0 Å². The highest BCUT2D eigenvalue weighted by molar-refractivity contribution is 5.95. The van der Waals surface area contributed by atoms with Crippen LogP contribution in [0.2, 0.25) is 0 Å². The lowest BCUT2D eigenvalue weighted by atomic mass is 10.1. The maximum Gasteiger partial charge on any atom is 0.344 e. The zero-order valence-electron chi connectivity index (χ0n) is 12.5. The average Bonchev–Trinajstić information content (AvgIpc) is 2.47. The van der Waals surface area contributed by atoms with Gasteiger partial charge in [-0.3, -0.25) is 4.79 Å². The zero-order chi connectivity index (χ0) is 15.2. The number of esters is 1. The Kier molecular flexibility index (Phi) is 6.92. The molecule has 2 aromatic rings. The molecular formula is C17H18BrNO3. The van der Waals surface area contributed by atoms with Gasteiger partial charge in [-0.25, -0.2) is 4.79 Å². The van der Waals surface area contributed by atoms with E-state index < -0.39 is 0 Å². The van der Waals surface area contributed by atoms with Crippen LogP contribution in [0, 0.1) is 0 Å². The van der Waals surface area contributed by atoms with Gasteiger partial charge in [-0.1, -0.05) is 30.3 Å². The van der Waals surface area contributed by atoms with Gasteiger partial charge in [0, 0.05) is 11.6 Å². The number of benzene rings is 1. The summed E-state index contributed by atoms with van der Waals surface area (Å²) < 4.78 is 6.83. The minimum Gasteiger partial charge on any atom is -1.00 e. The molecule has 1 aromatic carbocycles. The topological polar surface area (TPSA) is 47.2 Å². The maximum absolute atomic E-state index is 12.1. The van der Waals surface area contributed by atoms with Crippen LogP contribution in [0.4, 0.5) is 0 Å². The van der Waals surface area contributed by atoms with Crippen LogP contribution in [0.5, 0.6) is 0 Å². The molecule has 1 aromatic heterocycles. The molecule has 2 rings (SSSR count). The fraction of sp³-hybridized carbons (Fsp3) is 0.235. The number of ketones is 1. The standard InChI is InChI=1S/C17H18NO3.BrH/c1-13(2)21-17(20)15-9-6-10-18(11-15)12-16(19)14-7-4-3-5-8-14;/h3-11,13H,12H2,1-2H3;1H/q+1;/p-1. The second-order valence-electron chi connectivity index (χ2n) is 5.01. The van der Waals surface area contributed by atoms with Crippen LogP contribution in [-0.2, 0) is 11.3 Å². The Hall–Kier alpha value is -2.01. The molecule has 0 radical (unpaired) electrons. The normalized spacial score (nSPS) is 9.95. The van der Waals surface area contributed by atoms with Gasteiger partial charge in [-0.15, -0.1) is 0 Å². The summed E-state index contributed by atoms with van der Waals surface area (Å²) in [5, 5.41) is 0. The van der Waals surface area contributed by atoms with Crippen molar-refractivity contribution in [1.29, 1.82) is 0 Å². The Labute approximate surface area is 140 Å². The number of aromatic nitrogens is 1. The van der Waals surface area contributed by atoms with Gasteiger partial charge < -0.3 is 21.7 Å². The van der Waals surface area contributed by atoms with E-state index in [1.165, 1.54) is 0 Å². The third-order valence-electron chi connectivity index (χ3n) is 2.86. The monoisotopic (exact) mass is 363 g/mol. The Balaban J connectivity index is 0.00000242. The zero-order valence-corrected chi connectivity index (χ0v) is 14.1. The van der Waals surface area contributed by atoms with E-state index in [0.717, 1.165) is 0 Å². The van der Waals surface area contributed by atoms with E-state index in [9.17, 15) is 9.59 Å². The van der Waals surface area contributed by atoms with E-state index in [1.54, 1.807) is 55.1 Å². The van der Waals surface area contributed by atoms with Gasteiger partial charge >= 0.3 is 5.97 Å². The molecule has 1 heterocycles. The molecule has 22 heavy (non-hydrogen) atoms. The Bertz CT molecular complexity index is 641. The number of Topliss-reactive ketones (excluding diaryl/α,β-unsaturated/α-hetero) is 1. The van der Waals surface area contributed by atoms with E-state index in [2.05, 4.69) is 0 Å². The maximum atomic E-state index is 12.1. The molecule has 0 saturated heterocycles. The number of halogens is 1. The molecule has 5 heteroatoms. The highest BCUT2D eigenvalue weighted by Gasteiger charge is 2.16. The number of pyridine rings is 1. The van der Waals surface area contributed by atoms with Crippen LogP contribution in [0.25, 0.3) is 0 Å². The van der Waals surface area contributed by atoms with Gasteiger partial charge in [0.2, 0.25) is 12.3 Å². The van der Waals surface area contributed by atoms with Gasteiger partial charge in [0.15, 0.2) is 12.4 Å². The number of nitrogens with zero attached hydrogens (tertiary/aromatic N) is 1. The molecule has 0 saturated carbocycles. The molecule has 0 aliphatic carbocycles. The molecule has 0 unspecified atom stereocenters. The van der Waals surface area contributed by atoms with Crippen molar-refractivity contribution in [2.45, 2.75) is 26.5 Å². The van der Waals surface area contributed by atoms with Crippen LogP contribution >= 0.6 is 0 Å². The lowest BCUT2D eigenvalue weighted by Crippen LogP contribution is -3.00. The molecule has 0 amide bonds. The van der Waals surface area contributed by atoms with Gasteiger partial charge in [0.1, 0.15) is 5.56 Å². The SMILES string of the molecule is CC(C)OC(=O)c1ccc[n+](CC(=O)c2ccccc2)c1.[Br-]. The molecule has 0 bridgehead atoms. The lowest BCUT2D eigenvalue weighted by Gasteiger charge is -2.06. The molecule has 0 atom stereocenters. The quantitative estimate of drug-likeness (QED) is 0.406. The molecular weight excluding hydrogens is 346 g/mol. The summed E-state index contributed by atoms with van der Waals surface area (Å²) in [5.74, 6) is -0.388. The molecule has 0 aliphatic rings. The van der Waals surface area contributed by atoms with Crippen molar-refractivity contribution >= 4 is 11.8 Å². The third kappa shape index (κ3) is 5.07. The molecule has 0 fully saturated rings. The van der Waals surface area contributed by atoms with E-state index in [4.69, 9.17) is 4.74 Å². The lowest BCUT2D eigenvalue weighted by molar-refractivity contribution is -0.683. The number of hydrogen-bond acceptors (Lipinski definition) is 3. The Morgan fingerprint density at radius 1 is 1.05 bits per heavy atom. The molecule has 4 nitrogen and oxygen atoms in total. The van der Waals surface area contributed by atoms with Crippen molar-refractivity contribution in [2.24, 2.45) is 0 Å². The molecule has 116 valence electrons. The predicted octanol–water partition coefficient (Wildman–Crippen LogP) is -0.574. The fourth-order valence-corrected chi connectivity index (χ4v) is 1.90. The summed E-state index contributed by atoms with van der Waals surface area (Å²) in [6, 6.07) is 12.5. The Morgan fingerprint density at radius 2 is 1.68 bits per heavy atom. The number of carbonyl (C=O) groups is 2. The molecule has 0 aliphatic heterocycles. The highest BCUT2D eigenvalue weighted by Crippen LogP contribution is 2.03. The van der Waals surface area contributed by atoms with Gasteiger partial charge in [0.05, 0.1) is 6.10 Å². The van der Waals surface area contributed by atoms with E-state index in [-0.39, 0.29) is 41.4 Å². The van der Waals surface area contributed by atoms with Crippen LogP contribution in [0.1, 0.15) is 34.6 Å². The van der Waals surface area contributed by atoms with Gasteiger partial charge in [-0.05, 0) is 19.9 Å². The predicted molar refractivity (Wildman–Crippen MR) is 78.0 cm³/mol. The first-order chi connectivity index (χ1) is 10.1. The van der Waals surface area contributed by atoms with Crippen molar-refractivity contribution in [3.63, 3.8) is 0 Å². The highest BCUT2D eigenvalue weighted by atomic mass is 79.9. The first-order valence-corrected chi connectivity index (χ1v) is 6.84. The molecule has 0 spiro atoms. The van der Waals surface area contributed by atoms with E-state index in [0.29, 0.717) is 11.1 Å². The largest absolute Gasteiger partial charge is 1.00 e. The van der Waals surface area contributed by atoms with Crippen molar-refractivity contribution in [3.8, 4) is 0 Å². The van der Waals surface area contributed by atoms with Crippen molar-refractivity contribution in [3.05, 3.63) is 66.0 Å². The second-order valence-corrected chi connectivity index (χ2v) is 5.01. The third-order valence-corrected chi connectivity index (χ3v) is 2.86. The minimum atomic E-state index is -0.383. The number of hydrogen-bond donors (Lipinski definition) is 0. The summed E-state index contributed by atoms with van der Waals surface area (Å²) in [5.41, 5.74) is 1.09. The average molecular weight is 364 g/mol.